The number of pyridine rings is 2. The summed E-state index contributed by atoms with van der Waals surface area (Å²) in [7, 11) is 0. The van der Waals surface area contributed by atoms with E-state index in [1.165, 1.54) is 0 Å². The van der Waals surface area contributed by atoms with Crippen LogP contribution in [0, 0.1) is 6.92 Å². The third-order valence-electron chi connectivity index (χ3n) is 6.77. The number of aromatic nitrogens is 4. The van der Waals surface area contributed by atoms with Crippen molar-refractivity contribution in [1.82, 2.24) is 25.5 Å². The minimum Gasteiger partial charge on any atom is -0.375 e. The number of alkyl halides is 1. The predicted octanol–water partition coefficient (Wildman–Crippen LogP) is 5.06. The molecule has 3 aromatic heterocycles. The van der Waals surface area contributed by atoms with E-state index in [-0.39, 0.29) is 24.3 Å². The van der Waals surface area contributed by atoms with Gasteiger partial charge < -0.3 is 10.1 Å². The van der Waals surface area contributed by atoms with Crippen molar-refractivity contribution < 1.29 is 13.9 Å². The normalized spacial score (nSPS) is 25.2. The summed E-state index contributed by atoms with van der Waals surface area (Å²) < 4.78 is 19.9. The van der Waals surface area contributed by atoms with Crippen LogP contribution in [0.2, 0.25) is 0 Å². The van der Waals surface area contributed by atoms with E-state index in [4.69, 9.17) is 4.74 Å². The number of anilines is 1. The molecule has 3 aromatic rings. The number of fused-ring (bicyclic) bond motifs is 1. The number of halogens is 1. The number of aryl methyl sites for hydroxylation is 1. The number of hydrogen-bond acceptors (Lipinski definition) is 5. The van der Waals surface area contributed by atoms with E-state index in [0.717, 1.165) is 66.4 Å². The molecule has 5 rings (SSSR count). The van der Waals surface area contributed by atoms with Crippen molar-refractivity contribution in [2.75, 3.05) is 5.32 Å². The first-order valence-corrected chi connectivity index (χ1v) is 12.2. The molecule has 2 amide bonds. The standard InChI is InChI=1S/C25H31FN6O2/c1-15-10-16(8-9-27-15)24-21-14-28-23(13-22(21)31-32-24)30-25(33)29-18-5-3-7-20(12-18)34-19-6-2-4-17(26)11-19/h8-10,13-14,17-20H,2-7,11-12H2,1H3,(H,31,32)(H2,28,29,30,33). The van der Waals surface area contributed by atoms with Crippen LogP contribution < -0.4 is 10.6 Å². The van der Waals surface area contributed by atoms with Crippen LogP contribution in [-0.2, 0) is 4.74 Å². The van der Waals surface area contributed by atoms with Gasteiger partial charge in [-0.2, -0.15) is 5.10 Å². The fraction of sp³-hybridized carbons (Fsp3) is 0.520. The maximum atomic E-state index is 13.7. The molecule has 0 aromatic carbocycles. The predicted molar refractivity (Wildman–Crippen MR) is 128 cm³/mol. The second-order valence-electron chi connectivity index (χ2n) is 9.48. The van der Waals surface area contributed by atoms with Gasteiger partial charge in [-0.1, -0.05) is 0 Å². The Bertz CT molecular complexity index is 1150. The third-order valence-corrected chi connectivity index (χ3v) is 6.77. The third kappa shape index (κ3) is 5.35. The maximum absolute atomic E-state index is 13.7. The smallest absolute Gasteiger partial charge is 0.320 e. The number of carbonyl (C=O) groups is 1. The summed E-state index contributed by atoms with van der Waals surface area (Å²) in [5.41, 5.74) is 3.47. The molecule has 4 unspecified atom stereocenters. The first-order valence-electron chi connectivity index (χ1n) is 12.2. The van der Waals surface area contributed by atoms with Gasteiger partial charge in [-0.05, 0) is 64.0 Å². The number of rotatable bonds is 5. The molecule has 0 bridgehead atoms. The van der Waals surface area contributed by atoms with Crippen molar-refractivity contribution >= 4 is 22.8 Å². The second-order valence-corrected chi connectivity index (χ2v) is 9.48. The van der Waals surface area contributed by atoms with Crippen molar-refractivity contribution in [2.24, 2.45) is 0 Å². The average molecular weight is 467 g/mol. The lowest BCUT2D eigenvalue weighted by molar-refractivity contribution is -0.0608. The van der Waals surface area contributed by atoms with Gasteiger partial charge in [0.25, 0.3) is 0 Å². The molecule has 180 valence electrons. The van der Waals surface area contributed by atoms with Crippen LogP contribution in [0.1, 0.15) is 57.1 Å². The summed E-state index contributed by atoms with van der Waals surface area (Å²) in [6, 6.07) is 5.40. The molecule has 4 atom stereocenters. The SMILES string of the molecule is Cc1cc(-c2n[nH]c3cc(NC(=O)NC4CCCC(OC5CCCC(F)C5)C4)ncc23)ccn1. The Hall–Kier alpha value is -3.07. The molecule has 0 spiro atoms. The van der Waals surface area contributed by atoms with Gasteiger partial charge in [0.1, 0.15) is 17.7 Å². The van der Waals surface area contributed by atoms with E-state index < -0.39 is 6.17 Å². The summed E-state index contributed by atoms with van der Waals surface area (Å²) in [5.74, 6) is 0.450. The lowest BCUT2D eigenvalue weighted by Gasteiger charge is -2.34. The van der Waals surface area contributed by atoms with E-state index in [1.54, 1.807) is 18.5 Å². The number of nitrogens with one attached hydrogen (secondary N) is 3. The van der Waals surface area contributed by atoms with Crippen LogP contribution >= 0.6 is 0 Å². The number of H-pyrrole nitrogens is 1. The quantitative estimate of drug-likeness (QED) is 0.488. The number of carbonyl (C=O) groups excluding carboxylic acids is 1. The lowest BCUT2D eigenvalue weighted by atomic mass is 9.91. The van der Waals surface area contributed by atoms with Gasteiger partial charge >= 0.3 is 6.03 Å². The first kappa shape index (κ1) is 22.7. The Labute approximate surface area is 198 Å². The molecular weight excluding hydrogens is 435 g/mol. The van der Waals surface area contributed by atoms with E-state index in [2.05, 4.69) is 30.8 Å². The molecule has 9 heteroatoms. The number of hydrogen-bond donors (Lipinski definition) is 3. The minimum atomic E-state index is -0.744. The Balaban J connectivity index is 1.17. The molecule has 3 N–H and O–H groups in total. The Morgan fingerprint density at radius 2 is 1.94 bits per heavy atom. The molecule has 2 fully saturated rings. The summed E-state index contributed by atoms with van der Waals surface area (Å²) in [4.78, 5) is 21.3. The number of urea groups is 1. The molecule has 2 aliphatic carbocycles. The minimum absolute atomic E-state index is 0.00705. The van der Waals surface area contributed by atoms with Crippen molar-refractivity contribution in [1.29, 1.82) is 0 Å². The van der Waals surface area contributed by atoms with Crippen LogP contribution in [0.15, 0.2) is 30.6 Å². The summed E-state index contributed by atoms with van der Waals surface area (Å²) in [6.45, 7) is 1.94. The van der Waals surface area contributed by atoms with Crippen LogP contribution in [0.5, 0.6) is 0 Å². The van der Waals surface area contributed by atoms with Gasteiger partial charge in [-0.25, -0.2) is 14.2 Å². The molecule has 3 heterocycles. The number of amides is 2. The van der Waals surface area contributed by atoms with Crippen LogP contribution in [0.3, 0.4) is 0 Å². The van der Waals surface area contributed by atoms with Crippen molar-refractivity contribution in [3.63, 3.8) is 0 Å². The van der Waals surface area contributed by atoms with Crippen LogP contribution in [0.4, 0.5) is 15.0 Å². The lowest BCUT2D eigenvalue weighted by Crippen LogP contribution is -2.43. The summed E-state index contributed by atoms with van der Waals surface area (Å²) in [6.07, 6.45) is 9.38. The maximum Gasteiger partial charge on any atom is 0.320 e. The number of nitrogens with zero attached hydrogens (tertiary/aromatic N) is 3. The van der Waals surface area contributed by atoms with Gasteiger partial charge in [-0.3, -0.25) is 15.4 Å². The van der Waals surface area contributed by atoms with Gasteiger partial charge in [0.05, 0.1) is 17.7 Å². The number of aromatic amines is 1. The molecule has 8 nitrogen and oxygen atoms in total. The van der Waals surface area contributed by atoms with Crippen molar-refractivity contribution in [3.05, 3.63) is 36.3 Å². The van der Waals surface area contributed by atoms with Gasteiger partial charge in [0, 0.05) is 47.6 Å². The molecular formula is C25H31FN6O2. The Morgan fingerprint density at radius 1 is 1.12 bits per heavy atom. The molecule has 2 aliphatic rings. The highest BCUT2D eigenvalue weighted by Gasteiger charge is 2.29. The summed E-state index contributed by atoms with van der Waals surface area (Å²) in [5, 5.41) is 14.2. The van der Waals surface area contributed by atoms with Crippen molar-refractivity contribution in [3.8, 4) is 11.3 Å². The summed E-state index contributed by atoms with van der Waals surface area (Å²) >= 11 is 0. The van der Waals surface area contributed by atoms with E-state index in [1.807, 2.05) is 19.1 Å². The van der Waals surface area contributed by atoms with E-state index in [0.29, 0.717) is 18.7 Å². The molecule has 34 heavy (non-hydrogen) atoms. The fourth-order valence-electron chi connectivity index (χ4n) is 5.12. The largest absolute Gasteiger partial charge is 0.375 e. The Morgan fingerprint density at radius 3 is 2.76 bits per heavy atom. The van der Waals surface area contributed by atoms with Gasteiger partial charge in [0.2, 0.25) is 0 Å². The second kappa shape index (κ2) is 10.0. The van der Waals surface area contributed by atoms with Crippen molar-refractivity contribution in [2.45, 2.75) is 82.7 Å². The fourth-order valence-corrected chi connectivity index (χ4v) is 5.12. The van der Waals surface area contributed by atoms with E-state index >= 15 is 0 Å². The number of ether oxygens (including phenoxy) is 1. The monoisotopic (exact) mass is 466 g/mol. The highest BCUT2D eigenvalue weighted by Crippen LogP contribution is 2.29. The van der Waals surface area contributed by atoms with E-state index in [9.17, 15) is 9.18 Å². The molecule has 0 radical (unpaired) electrons. The zero-order chi connectivity index (χ0) is 23.5. The molecule has 0 saturated heterocycles. The van der Waals surface area contributed by atoms with Gasteiger partial charge in [-0.15, -0.1) is 0 Å². The zero-order valence-electron chi connectivity index (χ0n) is 19.4. The highest BCUT2D eigenvalue weighted by atomic mass is 19.1. The Kier molecular flexibility index (Phi) is 6.71. The van der Waals surface area contributed by atoms with Crippen LogP contribution in [0.25, 0.3) is 22.2 Å². The van der Waals surface area contributed by atoms with Crippen LogP contribution in [-0.4, -0.2) is 50.6 Å². The topological polar surface area (TPSA) is 105 Å². The highest BCUT2D eigenvalue weighted by molar-refractivity contribution is 5.95. The zero-order valence-corrected chi connectivity index (χ0v) is 19.4. The molecule has 0 aliphatic heterocycles. The van der Waals surface area contributed by atoms with Gasteiger partial charge in [0.15, 0.2) is 0 Å². The molecule has 2 saturated carbocycles. The average Bonchev–Trinajstić information content (AvgIpc) is 3.22. The first-order chi connectivity index (χ1) is 16.5.